The van der Waals surface area contributed by atoms with Crippen LogP contribution in [-0.4, -0.2) is 32.9 Å². The number of nitrogens with one attached hydrogen (secondary N) is 2. The average Bonchev–Trinajstić information content (AvgIpc) is 3.27. The van der Waals surface area contributed by atoms with E-state index in [4.69, 9.17) is 0 Å². The van der Waals surface area contributed by atoms with E-state index in [0.717, 1.165) is 24.1 Å². The fraction of sp³-hybridized carbons (Fsp3) is 0.208. The summed E-state index contributed by atoms with van der Waals surface area (Å²) in [5, 5.41) is 7.93. The molecule has 4 aromatic rings. The van der Waals surface area contributed by atoms with Crippen LogP contribution in [0.5, 0.6) is 0 Å². The van der Waals surface area contributed by atoms with Gasteiger partial charge >= 0.3 is 0 Å². The van der Waals surface area contributed by atoms with Crippen molar-refractivity contribution < 1.29 is 9.59 Å². The minimum atomic E-state index is -0.333. The molecule has 0 aliphatic rings. The summed E-state index contributed by atoms with van der Waals surface area (Å²) in [7, 11) is 0. The number of rotatable bonds is 8. The lowest BCUT2D eigenvalue weighted by molar-refractivity contribution is -0.119. The molecule has 0 atom stereocenters. The number of anilines is 1. The molecule has 9 heteroatoms. The third kappa shape index (κ3) is 5.69. The number of carbonyl (C=O) groups excluding carboxylic acids is 2. The number of amides is 2. The number of aryl methyl sites for hydroxylation is 1. The van der Waals surface area contributed by atoms with Crippen molar-refractivity contribution in [1.29, 1.82) is 0 Å². The van der Waals surface area contributed by atoms with Crippen molar-refractivity contribution in [3.05, 3.63) is 76.0 Å². The van der Waals surface area contributed by atoms with Crippen molar-refractivity contribution in [2.45, 2.75) is 26.3 Å². The van der Waals surface area contributed by atoms with Crippen molar-refractivity contribution in [2.24, 2.45) is 0 Å². The number of nitrogens with zero attached hydrogens (tertiary/aromatic N) is 3. The van der Waals surface area contributed by atoms with Gasteiger partial charge in [0.2, 0.25) is 11.8 Å². The Morgan fingerprint density at radius 2 is 1.88 bits per heavy atom. The van der Waals surface area contributed by atoms with Gasteiger partial charge in [0, 0.05) is 24.4 Å². The van der Waals surface area contributed by atoms with Crippen LogP contribution in [0.4, 0.5) is 5.13 Å². The number of thiazole rings is 1. The van der Waals surface area contributed by atoms with E-state index < -0.39 is 0 Å². The summed E-state index contributed by atoms with van der Waals surface area (Å²) in [4.78, 5) is 44.4. The first kappa shape index (κ1) is 22.3. The Bertz CT molecular complexity index is 1340. The molecule has 0 spiro atoms. The van der Waals surface area contributed by atoms with E-state index in [1.165, 1.54) is 34.6 Å². The van der Waals surface area contributed by atoms with Gasteiger partial charge in [0.15, 0.2) is 5.13 Å². The molecule has 2 heterocycles. The van der Waals surface area contributed by atoms with E-state index in [0.29, 0.717) is 22.7 Å². The molecule has 0 saturated carbocycles. The highest BCUT2D eigenvalue weighted by molar-refractivity contribution is 7.14. The van der Waals surface area contributed by atoms with Crippen LogP contribution in [0.2, 0.25) is 0 Å². The second-order valence-electron chi connectivity index (χ2n) is 7.54. The van der Waals surface area contributed by atoms with Gasteiger partial charge in [0.1, 0.15) is 6.54 Å². The van der Waals surface area contributed by atoms with E-state index in [1.807, 2.05) is 35.7 Å². The van der Waals surface area contributed by atoms with Crippen LogP contribution < -0.4 is 16.2 Å². The Balaban J connectivity index is 1.38. The highest BCUT2D eigenvalue weighted by atomic mass is 32.1. The normalized spacial score (nSPS) is 10.8. The molecule has 2 amide bonds. The van der Waals surface area contributed by atoms with E-state index in [1.54, 1.807) is 18.2 Å². The summed E-state index contributed by atoms with van der Waals surface area (Å²) in [5.74, 6) is -0.346. The third-order valence-electron chi connectivity index (χ3n) is 5.07. The Morgan fingerprint density at radius 3 is 2.67 bits per heavy atom. The van der Waals surface area contributed by atoms with Gasteiger partial charge in [0.05, 0.1) is 22.9 Å². The highest BCUT2D eigenvalue weighted by Crippen LogP contribution is 2.25. The van der Waals surface area contributed by atoms with Crippen molar-refractivity contribution in [3.63, 3.8) is 0 Å². The monoisotopic (exact) mass is 461 g/mol. The maximum atomic E-state index is 12.6. The van der Waals surface area contributed by atoms with E-state index in [9.17, 15) is 14.4 Å². The van der Waals surface area contributed by atoms with Crippen molar-refractivity contribution in [2.75, 3.05) is 11.9 Å². The van der Waals surface area contributed by atoms with Gasteiger partial charge in [-0.3, -0.25) is 19.0 Å². The molecule has 0 saturated heterocycles. The molecule has 0 bridgehead atoms. The van der Waals surface area contributed by atoms with Gasteiger partial charge in [0.25, 0.3) is 5.56 Å². The molecule has 4 rings (SSSR count). The molecular formula is C24H23N5O3S. The predicted molar refractivity (Wildman–Crippen MR) is 129 cm³/mol. The number of fused-ring (bicyclic) bond motifs is 1. The van der Waals surface area contributed by atoms with E-state index >= 15 is 0 Å². The third-order valence-corrected chi connectivity index (χ3v) is 5.83. The molecule has 0 aliphatic heterocycles. The molecule has 33 heavy (non-hydrogen) atoms. The average molecular weight is 462 g/mol. The molecular weight excluding hydrogens is 438 g/mol. The topological polar surface area (TPSA) is 106 Å². The van der Waals surface area contributed by atoms with Gasteiger partial charge in [-0.05, 0) is 30.5 Å². The number of para-hydroxylation sites is 2. The Labute approximate surface area is 194 Å². The van der Waals surface area contributed by atoms with Gasteiger partial charge < -0.3 is 10.6 Å². The van der Waals surface area contributed by atoms with Crippen LogP contribution in [0.25, 0.3) is 22.3 Å². The molecule has 0 fully saturated rings. The fourth-order valence-electron chi connectivity index (χ4n) is 3.44. The quantitative estimate of drug-likeness (QED) is 0.392. The van der Waals surface area contributed by atoms with Crippen LogP contribution >= 0.6 is 11.3 Å². The molecule has 2 N–H and O–H groups in total. The highest BCUT2D eigenvalue weighted by Gasteiger charge is 2.12. The van der Waals surface area contributed by atoms with Gasteiger partial charge in [-0.1, -0.05) is 36.4 Å². The molecule has 168 valence electrons. The lowest BCUT2D eigenvalue weighted by atomic mass is 10.1. The van der Waals surface area contributed by atoms with Crippen LogP contribution in [0.15, 0.2) is 64.9 Å². The lowest BCUT2D eigenvalue weighted by Gasteiger charge is -2.08. The lowest BCUT2D eigenvalue weighted by Crippen LogP contribution is -2.27. The number of hydrogen-bond donors (Lipinski definition) is 2. The fourth-order valence-corrected chi connectivity index (χ4v) is 4.18. The smallest absolute Gasteiger partial charge is 0.269 e. The summed E-state index contributed by atoms with van der Waals surface area (Å²) < 4.78 is 1.40. The summed E-state index contributed by atoms with van der Waals surface area (Å²) in [6.45, 7) is 2.05. The van der Waals surface area contributed by atoms with Crippen molar-refractivity contribution >= 4 is 39.3 Å². The second-order valence-corrected chi connectivity index (χ2v) is 8.40. The first-order chi connectivity index (χ1) is 16.0. The van der Waals surface area contributed by atoms with Crippen LogP contribution in [-0.2, 0) is 22.6 Å². The molecule has 2 aromatic carbocycles. The number of aromatic nitrogens is 3. The minimum Gasteiger partial charge on any atom is -0.356 e. The predicted octanol–water partition coefficient (Wildman–Crippen LogP) is 3.23. The first-order valence-corrected chi connectivity index (χ1v) is 11.4. The van der Waals surface area contributed by atoms with E-state index in [2.05, 4.69) is 20.6 Å². The maximum Gasteiger partial charge on any atom is 0.269 e. The molecule has 0 aliphatic carbocycles. The van der Waals surface area contributed by atoms with Gasteiger partial charge in [-0.2, -0.15) is 0 Å². The SMILES string of the molecule is CC(=O)NCCCc1ccc(-c2csc(NC(=O)Cn3c(=O)cnc4ccccc43)n2)cc1. The summed E-state index contributed by atoms with van der Waals surface area (Å²) in [6.07, 6.45) is 2.98. The number of carbonyl (C=O) groups is 2. The first-order valence-electron chi connectivity index (χ1n) is 10.5. The zero-order valence-electron chi connectivity index (χ0n) is 18.1. The Kier molecular flexibility index (Phi) is 6.89. The molecule has 2 aromatic heterocycles. The standard InChI is InChI=1S/C24H23N5O3S/c1-16(30)25-12-4-5-17-8-10-18(11-9-17)20-15-33-24(27-20)28-22(31)14-29-21-7-3-2-6-19(21)26-13-23(29)32/h2-3,6-11,13,15H,4-5,12,14H2,1H3,(H,25,30)(H,27,28,31). The van der Waals surface area contributed by atoms with Gasteiger partial charge in [-0.15, -0.1) is 11.3 Å². The summed E-state index contributed by atoms with van der Waals surface area (Å²) in [5.41, 5.74) is 3.83. The van der Waals surface area contributed by atoms with Crippen molar-refractivity contribution in [3.8, 4) is 11.3 Å². The maximum absolute atomic E-state index is 12.6. The molecule has 0 radical (unpaired) electrons. The zero-order valence-corrected chi connectivity index (χ0v) is 18.9. The van der Waals surface area contributed by atoms with Crippen LogP contribution in [0.3, 0.4) is 0 Å². The summed E-state index contributed by atoms with van der Waals surface area (Å²) in [6, 6.07) is 15.3. The Hall–Kier alpha value is -3.85. The van der Waals surface area contributed by atoms with Crippen LogP contribution in [0, 0.1) is 0 Å². The van der Waals surface area contributed by atoms with Gasteiger partial charge in [-0.25, -0.2) is 9.97 Å². The Morgan fingerprint density at radius 1 is 1.09 bits per heavy atom. The minimum absolute atomic E-state index is 0.0158. The number of benzene rings is 2. The van der Waals surface area contributed by atoms with Crippen molar-refractivity contribution in [1.82, 2.24) is 19.9 Å². The van der Waals surface area contributed by atoms with E-state index in [-0.39, 0.29) is 23.9 Å². The largest absolute Gasteiger partial charge is 0.356 e. The molecule has 8 nitrogen and oxygen atoms in total. The molecule has 0 unspecified atom stereocenters. The van der Waals surface area contributed by atoms with Crippen LogP contribution in [0.1, 0.15) is 18.9 Å². The second kappa shape index (κ2) is 10.2. The number of hydrogen-bond acceptors (Lipinski definition) is 6. The zero-order chi connectivity index (χ0) is 23.2. The summed E-state index contributed by atoms with van der Waals surface area (Å²) >= 11 is 1.33.